The first-order valence-electron chi connectivity index (χ1n) is 10.1. The van der Waals surface area contributed by atoms with Crippen molar-refractivity contribution in [1.82, 2.24) is 5.32 Å². The fourth-order valence-corrected chi connectivity index (χ4v) is 3.70. The summed E-state index contributed by atoms with van der Waals surface area (Å²) in [5.74, 6) is -0.939. The van der Waals surface area contributed by atoms with Gasteiger partial charge in [-0.3, -0.25) is 9.59 Å². The highest BCUT2D eigenvalue weighted by Gasteiger charge is 2.47. The van der Waals surface area contributed by atoms with Crippen LogP contribution in [-0.2, 0) is 16.1 Å². The number of carbonyl (C=O) groups is 2. The zero-order chi connectivity index (χ0) is 23.1. The van der Waals surface area contributed by atoms with Crippen LogP contribution in [0.25, 0.3) is 0 Å². The molecule has 1 atom stereocenters. The molecular weight excluding hydrogens is 425 g/mol. The van der Waals surface area contributed by atoms with Crippen molar-refractivity contribution < 1.29 is 27.5 Å². The van der Waals surface area contributed by atoms with Gasteiger partial charge in [-0.15, -0.1) is 13.2 Å². The molecule has 2 aromatic rings. The summed E-state index contributed by atoms with van der Waals surface area (Å²) in [6.07, 6.45) is -3.61. The Balaban J connectivity index is 1.59. The third-order valence-electron chi connectivity index (χ3n) is 5.69. The van der Waals surface area contributed by atoms with E-state index >= 15 is 0 Å². The van der Waals surface area contributed by atoms with Gasteiger partial charge in [0.15, 0.2) is 0 Å². The highest BCUT2D eigenvalue weighted by molar-refractivity contribution is 6.04. The molecule has 170 valence electrons. The van der Waals surface area contributed by atoms with Crippen LogP contribution >= 0.6 is 0 Å². The smallest absolute Gasteiger partial charge is 0.406 e. The molecule has 0 unspecified atom stereocenters. The predicted molar refractivity (Wildman–Crippen MR) is 112 cm³/mol. The molecule has 1 aliphatic heterocycles. The zero-order valence-electron chi connectivity index (χ0n) is 17.4. The summed E-state index contributed by atoms with van der Waals surface area (Å²) >= 11 is 0. The van der Waals surface area contributed by atoms with Gasteiger partial charge in [0.05, 0.1) is 16.9 Å². The van der Waals surface area contributed by atoms with E-state index in [9.17, 15) is 22.8 Å². The molecule has 0 bridgehead atoms. The lowest BCUT2D eigenvalue weighted by Gasteiger charge is -2.27. The minimum Gasteiger partial charge on any atom is -0.406 e. The summed E-state index contributed by atoms with van der Waals surface area (Å²) in [6, 6.07) is 12.0. The van der Waals surface area contributed by atoms with Crippen LogP contribution in [0.3, 0.4) is 0 Å². The number of likely N-dealkylation sites (N-methyl/N-ethyl adjacent to an activating group) is 1. The molecule has 7 nitrogen and oxygen atoms in total. The third kappa shape index (κ3) is 4.64. The maximum absolute atomic E-state index is 13.1. The number of ether oxygens (including phenoxy) is 1. The second kappa shape index (κ2) is 8.01. The predicted octanol–water partition coefficient (Wildman–Crippen LogP) is 2.54. The second-order valence-electron chi connectivity index (χ2n) is 8.14. The van der Waals surface area contributed by atoms with Crippen molar-refractivity contribution >= 4 is 23.2 Å². The molecule has 1 saturated carbocycles. The first kappa shape index (κ1) is 21.9. The topological polar surface area (TPSA) is 87.9 Å². The number of amides is 2. The fraction of sp³-hybridized carbons (Fsp3) is 0.364. The molecule has 2 amide bonds. The first-order chi connectivity index (χ1) is 15.1. The van der Waals surface area contributed by atoms with Gasteiger partial charge in [-0.25, -0.2) is 0 Å². The average Bonchev–Trinajstić information content (AvgIpc) is 3.51. The van der Waals surface area contributed by atoms with Crippen LogP contribution in [0.5, 0.6) is 5.75 Å². The summed E-state index contributed by atoms with van der Waals surface area (Å²) in [6.45, 7) is 0.493. The standard InChI is InChI=1S/C22H23F3N4O3/c1-28-17-4-2-3-5-18(17)29(12-14-6-8-15(9-7-14)32-22(23,24)25)13-16(19(28)30)27-20(31)21(26)10-11-21/h2-9,16H,10-13,26H2,1H3,(H,27,31)/t16-/m1/s1. The molecule has 1 aliphatic carbocycles. The van der Waals surface area contributed by atoms with Crippen molar-refractivity contribution in [2.24, 2.45) is 5.73 Å². The van der Waals surface area contributed by atoms with Gasteiger partial charge in [0.2, 0.25) is 5.91 Å². The molecule has 10 heteroatoms. The van der Waals surface area contributed by atoms with Gasteiger partial charge < -0.3 is 25.6 Å². The van der Waals surface area contributed by atoms with Crippen molar-refractivity contribution in [3.05, 3.63) is 54.1 Å². The van der Waals surface area contributed by atoms with Crippen LogP contribution in [0, 0.1) is 0 Å². The van der Waals surface area contributed by atoms with E-state index in [1.54, 1.807) is 13.1 Å². The van der Waals surface area contributed by atoms with Crippen LogP contribution in [0.4, 0.5) is 24.5 Å². The molecule has 32 heavy (non-hydrogen) atoms. The number of rotatable bonds is 5. The largest absolute Gasteiger partial charge is 0.573 e. The Morgan fingerprint density at radius 3 is 2.38 bits per heavy atom. The number of fused-ring (bicyclic) bond motifs is 1. The fourth-order valence-electron chi connectivity index (χ4n) is 3.70. The first-order valence-corrected chi connectivity index (χ1v) is 10.1. The van der Waals surface area contributed by atoms with Crippen LogP contribution in [0.1, 0.15) is 18.4 Å². The lowest BCUT2D eigenvalue weighted by atomic mass is 10.1. The molecule has 1 fully saturated rings. The molecule has 2 aliphatic rings. The molecule has 1 heterocycles. The Morgan fingerprint density at radius 1 is 1.16 bits per heavy atom. The average molecular weight is 448 g/mol. The number of para-hydroxylation sites is 2. The normalized spacial score (nSPS) is 19.8. The highest BCUT2D eigenvalue weighted by Crippen LogP contribution is 2.35. The van der Waals surface area contributed by atoms with Gasteiger partial charge in [-0.2, -0.15) is 0 Å². The molecule has 4 rings (SSSR count). The van der Waals surface area contributed by atoms with Gasteiger partial charge >= 0.3 is 6.36 Å². The number of nitrogens with zero attached hydrogens (tertiary/aromatic N) is 2. The quantitative estimate of drug-likeness (QED) is 0.734. The molecule has 0 saturated heterocycles. The van der Waals surface area contributed by atoms with Gasteiger partial charge in [0.1, 0.15) is 11.8 Å². The number of carbonyl (C=O) groups excluding carboxylic acids is 2. The Labute approximate surface area is 182 Å². The van der Waals surface area contributed by atoms with Crippen molar-refractivity contribution in [3.63, 3.8) is 0 Å². The van der Waals surface area contributed by atoms with E-state index in [1.807, 2.05) is 23.1 Å². The number of halogens is 3. The van der Waals surface area contributed by atoms with Crippen molar-refractivity contribution in [3.8, 4) is 5.75 Å². The SMILES string of the molecule is CN1C(=O)[C@H](NC(=O)C2(N)CC2)CN(Cc2ccc(OC(F)(F)F)cc2)c2ccccc21. The number of anilines is 2. The number of alkyl halides is 3. The van der Waals surface area contributed by atoms with Gasteiger partial charge in [0.25, 0.3) is 5.91 Å². The third-order valence-corrected chi connectivity index (χ3v) is 5.69. The van der Waals surface area contributed by atoms with Crippen molar-refractivity contribution in [2.75, 3.05) is 23.4 Å². The minimum atomic E-state index is -4.76. The lowest BCUT2D eigenvalue weighted by Crippen LogP contribution is -2.55. The van der Waals surface area contributed by atoms with Crippen molar-refractivity contribution in [2.45, 2.75) is 37.3 Å². The number of nitrogens with one attached hydrogen (secondary N) is 1. The molecule has 0 radical (unpaired) electrons. The van der Waals surface area contributed by atoms with E-state index in [0.29, 0.717) is 30.6 Å². The van der Waals surface area contributed by atoms with E-state index in [2.05, 4.69) is 10.1 Å². The molecule has 0 spiro atoms. The Bertz CT molecular complexity index is 1020. The summed E-state index contributed by atoms with van der Waals surface area (Å²) in [5.41, 5.74) is 7.22. The molecule has 0 aromatic heterocycles. The summed E-state index contributed by atoms with van der Waals surface area (Å²) in [7, 11) is 1.64. The maximum Gasteiger partial charge on any atom is 0.573 e. The van der Waals surface area contributed by atoms with E-state index in [1.165, 1.54) is 29.2 Å². The van der Waals surface area contributed by atoms with Gasteiger partial charge in [-0.05, 0) is 42.7 Å². The minimum absolute atomic E-state index is 0.183. The summed E-state index contributed by atoms with van der Waals surface area (Å²) < 4.78 is 41.2. The van der Waals surface area contributed by atoms with Crippen LogP contribution in [0.15, 0.2) is 48.5 Å². The van der Waals surface area contributed by atoms with E-state index in [0.717, 1.165) is 5.69 Å². The van der Waals surface area contributed by atoms with E-state index in [-0.39, 0.29) is 24.1 Å². The highest BCUT2D eigenvalue weighted by atomic mass is 19.4. The zero-order valence-corrected chi connectivity index (χ0v) is 17.4. The van der Waals surface area contributed by atoms with Crippen LogP contribution in [0.2, 0.25) is 0 Å². The second-order valence-corrected chi connectivity index (χ2v) is 8.14. The Kier molecular flexibility index (Phi) is 5.49. The number of nitrogens with two attached hydrogens (primary N) is 1. The molecular formula is C22H23F3N4O3. The van der Waals surface area contributed by atoms with Crippen LogP contribution in [-0.4, -0.2) is 43.3 Å². The summed E-state index contributed by atoms with van der Waals surface area (Å²) in [5, 5.41) is 2.79. The lowest BCUT2D eigenvalue weighted by molar-refractivity contribution is -0.274. The van der Waals surface area contributed by atoms with Gasteiger partial charge in [0, 0.05) is 20.1 Å². The Hall–Kier alpha value is -3.27. The molecule has 3 N–H and O–H groups in total. The van der Waals surface area contributed by atoms with Crippen LogP contribution < -0.4 is 25.6 Å². The Morgan fingerprint density at radius 2 is 1.78 bits per heavy atom. The summed E-state index contributed by atoms with van der Waals surface area (Å²) in [4.78, 5) is 29.0. The molecule has 2 aromatic carbocycles. The number of hydrogen-bond donors (Lipinski definition) is 2. The monoisotopic (exact) mass is 448 g/mol. The van der Waals surface area contributed by atoms with Gasteiger partial charge in [-0.1, -0.05) is 24.3 Å². The van der Waals surface area contributed by atoms with E-state index < -0.39 is 17.9 Å². The number of hydrogen-bond acceptors (Lipinski definition) is 5. The number of benzene rings is 2. The maximum atomic E-state index is 13.1. The van der Waals surface area contributed by atoms with Crippen molar-refractivity contribution in [1.29, 1.82) is 0 Å². The van der Waals surface area contributed by atoms with E-state index in [4.69, 9.17) is 5.73 Å².